The van der Waals surface area contributed by atoms with E-state index >= 15 is 0 Å². The Kier molecular flexibility index (Phi) is 6.47. The number of ether oxygens (including phenoxy) is 1. The molecule has 0 aromatic heterocycles. The molecule has 2 N–H and O–H groups in total. The molecule has 1 rings (SSSR count). The Labute approximate surface area is 119 Å². The maximum Gasteiger partial charge on any atom is 0.239 e. The van der Waals surface area contributed by atoms with Gasteiger partial charge in [0.2, 0.25) is 5.91 Å². The second-order valence-corrected chi connectivity index (χ2v) is 6.34. The minimum absolute atomic E-state index is 0.0139. The smallest absolute Gasteiger partial charge is 0.239 e. The first-order valence-corrected chi connectivity index (χ1v) is 7.97. The number of nitrogens with one attached hydrogen (secondary N) is 2. The second-order valence-electron chi connectivity index (χ2n) is 4.10. The van der Waals surface area contributed by atoms with Crippen LogP contribution in [0.2, 0.25) is 0 Å². The molecule has 0 aliphatic carbocycles. The van der Waals surface area contributed by atoms with Gasteiger partial charge in [0.05, 0.1) is 29.5 Å². The molecular weight excluding hydrogens is 280 g/mol. The molecule has 112 valence electrons. The van der Waals surface area contributed by atoms with Crippen molar-refractivity contribution in [3.8, 4) is 0 Å². The molecule has 7 heteroatoms. The summed E-state index contributed by atoms with van der Waals surface area (Å²) in [6.07, 6.45) is 0. The third-order valence-corrected chi connectivity index (χ3v) is 4.46. The lowest BCUT2D eigenvalue weighted by Crippen LogP contribution is -2.32. The summed E-state index contributed by atoms with van der Waals surface area (Å²) < 4.78 is 28.7. The van der Waals surface area contributed by atoms with Gasteiger partial charge in [0.15, 0.2) is 9.84 Å². The van der Waals surface area contributed by atoms with Crippen LogP contribution in [-0.2, 0) is 19.4 Å². The van der Waals surface area contributed by atoms with Crippen LogP contribution in [0.1, 0.15) is 6.92 Å². The van der Waals surface area contributed by atoms with Crippen molar-refractivity contribution < 1.29 is 17.9 Å². The molecule has 0 saturated carbocycles. The lowest BCUT2D eigenvalue weighted by atomic mass is 10.3. The summed E-state index contributed by atoms with van der Waals surface area (Å²) in [5.74, 6) is -0.197. The number of anilines is 1. The van der Waals surface area contributed by atoms with Crippen LogP contribution >= 0.6 is 0 Å². The SMILES string of the molecule is CCS(=O)(=O)c1ccccc1NCC(=O)NCCOC. The highest BCUT2D eigenvalue weighted by Crippen LogP contribution is 2.21. The van der Waals surface area contributed by atoms with E-state index in [0.717, 1.165) is 0 Å². The molecular formula is C13H20N2O4S. The van der Waals surface area contributed by atoms with Crippen LogP contribution in [0, 0.1) is 0 Å². The van der Waals surface area contributed by atoms with Gasteiger partial charge in [-0.1, -0.05) is 19.1 Å². The molecule has 0 fully saturated rings. The fraction of sp³-hybridized carbons (Fsp3) is 0.462. The van der Waals surface area contributed by atoms with Crippen LogP contribution in [0.5, 0.6) is 0 Å². The molecule has 0 atom stereocenters. The van der Waals surface area contributed by atoms with Crippen LogP contribution in [0.15, 0.2) is 29.2 Å². The zero-order valence-electron chi connectivity index (χ0n) is 11.7. The van der Waals surface area contributed by atoms with Crippen molar-refractivity contribution in [2.75, 3.05) is 37.9 Å². The number of para-hydroxylation sites is 1. The Morgan fingerprint density at radius 2 is 2.00 bits per heavy atom. The number of carbonyl (C=O) groups is 1. The van der Waals surface area contributed by atoms with Crippen molar-refractivity contribution >= 4 is 21.4 Å². The standard InChI is InChI=1S/C13H20N2O4S/c1-3-20(17,18)12-7-5-4-6-11(12)15-10-13(16)14-8-9-19-2/h4-7,15H,3,8-10H2,1-2H3,(H,14,16). The number of carbonyl (C=O) groups excluding carboxylic acids is 1. The van der Waals surface area contributed by atoms with Crippen molar-refractivity contribution in [2.24, 2.45) is 0 Å². The number of sulfone groups is 1. The van der Waals surface area contributed by atoms with E-state index in [4.69, 9.17) is 4.74 Å². The lowest BCUT2D eigenvalue weighted by Gasteiger charge is -2.11. The summed E-state index contributed by atoms with van der Waals surface area (Å²) in [4.78, 5) is 11.8. The summed E-state index contributed by atoms with van der Waals surface area (Å²) in [6, 6.07) is 6.56. The van der Waals surface area contributed by atoms with Gasteiger partial charge in [0.1, 0.15) is 0 Å². The molecule has 1 aromatic rings. The highest BCUT2D eigenvalue weighted by atomic mass is 32.2. The van der Waals surface area contributed by atoms with Crippen LogP contribution < -0.4 is 10.6 Å². The van der Waals surface area contributed by atoms with Crippen LogP contribution in [0.4, 0.5) is 5.69 Å². The van der Waals surface area contributed by atoms with Gasteiger partial charge in [-0.25, -0.2) is 8.42 Å². The first kappa shape index (κ1) is 16.5. The van der Waals surface area contributed by atoms with E-state index < -0.39 is 9.84 Å². The number of hydrogen-bond acceptors (Lipinski definition) is 5. The molecule has 0 radical (unpaired) electrons. The first-order valence-electron chi connectivity index (χ1n) is 6.32. The molecule has 20 heavy (non-hydrogen) atoms. The Balaban J connectivity index is 2.67. The molecule has 0 aliphatic rings. The third-order valence-electron chi connectivity index (χ3n) is 2.67. The first-order chi connectivity index (χ1) is 9.51. The predicted molar refractivity (Wildman–Crippen MR) is 77.5 cm³/mol. The highest BCUT2D eigenvalue weighted by molar-refractivity contribution is 7.91. The van der Waals surface area contributed by atoms with Crippen LogP contribution in [-0.4, -0.2) is 46.9 Å². The summed E-state index contributed by atoms with van der Waals surface area (Å²) in [5.41, 5.74) is 0.441. The lowest BCUT2D eigenvalue weighted by molar-refractivity contribution is -0.119. The van der Waals surface area contributed by atoms with E-state index in [0.29, 0.717) is 18.8 Å². The summed E-state index contributed by atoms with van der Waals surface area (Å²) in [7, 11) is -1.76. The van der Waals surface area contributed by atoms with E-state index in [9.17, 15) is 13.2 Å². The number of methoxy groups -OCH3 is 1. The highest BCUT2D eigenvalue weighted by Gasteiger charge is 2.16. The van der Waals surface area contributed by atoms with E-state index in [1.807, 2.05) is 0 Å². The monoisotopic (exact) mass is 300 g/mol. The average molecular weight is 300 g/mol. The topological polar surface area (TPSA) is 84.5 Å². The van der Waals surface area contributed by atoms with Gasteiger partial charge in [-0.05, 0) is 12.1 Å². The maximum absolute atomic E-state index is 11.9. The van der Waals surface area contributed by atoms with E-state index in [-0.39, 0.29) is 23.1 Å². The van der Waals surface area contributed by atoms with Gasteiger partial charge in [0.25, 0.3) is 0 Å². The molecule has 0 spiro atoms. The Hall–Kier alpha value is -1.60. The molecule has 0 saturated heterocycles. The normalized spacial score (nSPS) is 11.1. The summed E-state index contributed by atoms with van der Waals surface area (Å²) in [5, 5.41) is 5.50. The minimum Gasteiger partial charge on any atom is -0.383 e. The van der Waals surface area contributed by atoms with E-state index in [1.54, 1.807) is 32.2 Å². The number of amides is 1. The summed E-state index contributed by atoms with van der Waals surface area (Å²) in [6.45, 7) is 2.46. The van der Waals surface area contributed by atoms with E-state index in [1.165, 1.54) is 6.07 Å². The van der Waals surface area contributed by atoms with Gasteiger partial charge in [-0.15, -0.1) is 0 Å². The average Bonchev–Trinajstić information content (AvgIpc) is 2.45. The molecule has 1 aromatic carbocycles. The molecule has 0 bridgehead atoms. The van der Waals surface area contributed by atoms with Gasteiger partial charge in [0, 0.05) is 13.7 Å². The zero-order chi connectivity index (χ0) is 15.0. The molecule has 1 amide bonds. The van der Waals surface area contributed by atoms with Crippen molar-refractivity contribution in [2.45, 2.75) is 11.8 Å². The van der Waals surface area contributed by atoms with E-state index in [2.05, 4.69) is 10.6 Å². The van der Waals surface area contributed by atoms with Crippen LogP contribution in [0.3, 0.4) is 0 Å². The fourth-order valence-corrected chi connectivity index (χ4v) is 2.64. The largest absolute Gasteiger partial charge is 0.383 e. The quantitative estimate of drug-likeness (QED) is 0.689. The maximum atomic E-state index is 11.9. The molecule has 0 aliphatic heterocycles. The number of benzene rings is 1. The summed E-state index contributed by atoms with van der Waals surface area (Å²) >= 11 is 0. The Morgan fingerprint density at radius 1 is 1.30 bits per heavy atom. The van der Waals surface area contributed by atoms with Gasteiger partial charge >= 0.3 is 0 Å². The third kappa shape index (κ3) is 4.82. The number of rotatable bonds is 8. The molecule has 6 nitrogen and oxygen atoms in total. The van der Waals surface area contributed by atoms with Gasteiger partial charge in [-0.3, -0.25) is 4.79 Å². The van der Waals surface area contributed by atoms with Crippen molar-refractivity contribution in [1.29, 1.82) is 0 Å². The predicted octanol–water partition coefficient (Wildman–Crippen LogP) is 0.655. The second kappa shape index (κ2) is 7.86. The molecule has 0 unspecified atom stereocenters. The van der Waals surface area contributed by atoms with Crippen molar-refractivity contribution in [1.82, 2.24) is 5.32 Å². The minimum atomic E-state index is -3.31. The zero-order valence-corrected chi connectivity index (χ0v) is 12.5. The van der Waals surface area contributed by atoms with Gasteiger partial charge in [-0.2, -0.15) is 0 Å². The van der Waals surface area contributed by atoms with Crippen molar-refractivity contribution in [3.05, 3.63) is 24.3 Å². The fourth-order valence-electron chi connectivity index (χ4n) is 1.57. The molecule has 0 heterocycles. The van der Waals surface area contributed by atoms with Crippen molar-refractivity contribution in [3.63, 3.8) is 0 Å². The Bertz CT molecular complexity index is 543. The Morgan fingerprint density at radius 3 is 2.65 bits per heavy atom. The number of hydrogen-bond donors (Lipinski definition) is 2. The van der Waals surface area contributed by atoms with Gasteiger partial charge < -0.3 is 15.4 Å². The van der Waals surface area contributed by atoms with Crippen LogP contribution in [0.25, 0.3) is 0 Å².